The molecule has 2 rings (SSSR count). The second kappa shape index (κ2) is 3.56. The molecule has 1 atom stereocenters. The van der Waals surface area contributed by atoms with Crippen molar-refractivity contribution < 1.29 is 0 Å². The number of thiophene rings is 1. The maximum absolute atomic E-state index is 3.49. The van der Waals surface area contributed by atoms with Crippen molar-refractivity contribution in [1.29, 1.82) is 0 Å². The van der Waals surface area contributed by atoms with Gasteiger partial charge in [0.05, 0.1) is 0 Å². The van der Waals surface area contributed by atoms with Gasteiger partial charge >= 0.3 is 0 Å². The first-order valence-corrected chi connectivity index (χ1v) is 5.23. The van der Waals surface area contributed by atoms with Crippen LogP contribution in [0.2, 0.25) is 0 Å². The van der Waals surface area contributed by atoms with Gasteiger partial charge in [0.25, 0.3) is 0 Å². The van der Waals surface area contributed by atoms with Gasteiger partial charge in [-0.25, -0.2) is 0 Å². The summed E-state index contributed by atoms with van der Waals surface area (Å²) in [6.07, 6.45) is 0. The van der Waals surface area contributed by atoms with E-state index in [0.717, 1.165) is 19.6 Å². The normalized spacial score (nSPS) is 24.2. The van der Waals surface area contributed by atoms with Crippen LogP contribution in [-0.4, -0.2) is 19.6 Å². The molecule has 1 saturated heterocycles. The van der Waals surface area contributed by atoms with E-state index in [1.54, 1.807) is 0 Å². The molecule has 0 aromatic carbocycles. The second-order valence-corrected chi connectivity index (χ2v) is 4.32. The highest BCUT2D eigenvalue weighted by Crippen LogP contribution is 2.20. The molecule has 0 aliphatic carbocycles. The van der Waals surface area contributed by atoms with E-state index < -0.39 is 0 Å². The molecule has 1 aromatic heterocycles. The highest BCUT2D eigenvalue weighted by atomic mass is 32.1. The van der Waals surface area contributed by atoms with Crippen LogP contribution in [0.15, 0.2) is 11.4 Å². The lowest BCUT2D eigenvalue weighted by atomic mass is 10.1. The Morgan fingerprint density at radius 2 is 2.42 bits per heavy atom. The van der Waals surface area contributed by atoms with Crippen LogP contribution in [0.3, 0.4) is 0 Å². The van der Waals surface area contributed by atoms with Gasteiger partial charge in [-0.1, -0.05) is 0 Å². The minimum Gasteiger partial charge on any atom is -0.314 e. The van der Waals surface area contributed by atoms with Gasteiger partial charge in [-0.3, -0.25) is 0 Å². The molecule has 2 heterocycles. The van der Waals surface area contributed by atoms with Gasteiger partial charge in [0.2, 0.25) is 0 Å². The van der Waals surface area contributed by atoms with Gasteiger partial charge in [-0.15, -0.1) is 11.3 Å². The Kier molecular flexibility index (Phi) is 2.44. The smallest absolute Gasteiger partial charge is 0.0455 e. The fraction of sp³-hybridized carbons (Fsp3) is 0.556. The van der Waals surface area contributed by atoms with E-state index in [1.165, 1.54) is 10.4 Å². The van der Waals surface area contributed by atoms with Crippen LogP contribution in [0.1, 0.15) is 16.5 Å². The lowest BCUT2D eigenvalue weighted by molar-refractivity contribution is 0.431. The topological polar surface area (TPSA) is 24.1 Å². The molecule has 0 radical (unpaired) electrons. The zero-order valence-electron chi connectivity index (χ0n) is 7.26. The van der Waals surface area contributed by atoms with Crippen LogP contribution in [0.25, 0.3) is 0 Å². The first-order chi connectivity index (χ1) is 5.86. The van der Waals surface area contributed by atoms with Crippen LogP contribution in [0, 0.1) is 6.92 Å². The summed E-state index contributed by atoms with van der Waals surface area (Å²) in [5.41, 5.74) is 1.43. The number of piperazine rings is 1. The third-order valence-corrected chi connectivity index (χ3v) is 3.07. The second-order valence-electron chi connectivity index (χ2n) is 3.20. The molecule has 1 fully saturated rings. The summed E-state index contributed by atoms with van der Waals surface area (Å²) >= 11 is 1.83. The van der Waals surface area contributed by atoms with Crippen LogP contribution in [0.5, 0.6) is 0 Å². The van der Waals surface area contributed by atoms with E-state index >= 15 is 0 Å². The highest BCUT2D eigenvalue weighted by molar-refractivity contribution is 7.10. The van der Waals surface area contributed by atoms with Gasteiger partial charge in [0.1, 0.15) is 0 Å². The summed E-state index contributed by atoms with van der Waals surface area (Å²) in [4.78, 5) is 1.40. The van der Waals surface area contributed by atoms with E-state index in [0.29, 0.717) is 6.04 Å². The average molecular weight is 182 g/mol. The van der Waals surface area contributed by atoms with Crippen molar-refractivity contribution in [1.82, 2.24) is 10.6 Å². The van der Waals surface area contributed by atoms with Crippen molar-refractivity contribution in [2.75, 3.05) is 19.6 Å². The molecule has 2 nitrogen and oxygen atoms in total. The van der Waals surface area contributed by atoms with Crippen LogP contribution < -0.4 is 10.6 Å². The highest BCUT2D eigenvalue weighted by Gasteiger charge is 2.14. The molecule has 2 N–H and O–H groups in total. The van der Waals surface area contributed by atoms with Crippen molar-refractivity contribution in [3.63, 3.8) is 0 Å². The number of hydrogen-bond donors (Lipinski definition) is 2. The number of rotatable bonds is 1. The molecule has 1 aliphatic heterocycles. The number of hydrogen-bond acceptors (Lipinski definition) is 3. The lowest BCUT2D eigenvalue weighted by Crippen LogP contribution is -2.42. The van der Waals surface area contributed by atoms with E-state index in [4.69, 9.17) is 0 Å². The molecule has 3 heteroatoms. The largest absolute Gasteiger partial charge is 0.314 e. The molecule has 1 aromatic rings. The summed E-state index contributed by atoms with van der Waals surface area (Å²) in [6.45, 7) is 5.40. The van der Waals surface area contributed by atoms with Gasteiger partial charge in [-0.05, 0) is 23.9 Å². The monoisotopic (exact) mass is 182 g/mol. The van der Waals surface area contributed by atoms with Gasteiger partial charge in [0.15, 0.2) is 0 Å². The Hall–Kier alpha value is -0.380. The maximum Gasteiger partial charge on any atom is 0.0455 e. The minimum atomic E-state index is 0.531. The lowest BCUT2D eigenvalue weighted by Gasteiger charge is -2.23. The minimum absolute atomic E-state index is 0.531. The molecule has 66 valence electrons. The van der Waals surface area contributed by atoms with Gasteiger partial charge < -0.3 is 10.6 Å². The fourth-order valence-electron chi connectivity index (χ4n) is 1.54. The van der Waals surface area contributed by atoms with Crippen molar-refractivity contribution in [3.8, 4) is 0 Å². The quantitative estimate of drug-likeness (QED) is 0.684. The predicted octanol–water partition coefficient (Wildman–Crippen LogP) is 1.29. The predicted molar refractivity (Wildman–Crippen MR) is 52.7 cm³/mol. The summed E-state index contributed by atoms with van der Waals surface area (Å²) in [5.74, 6) is 0. The summed E-state index contributed by atoms with van der Waals surface area (Å²) in [6, 6.07) is 2.80. The van der Waals surface area contributed by atoms with Crippen LogP contribution >= 0.6 is 11.3 Å². The molecule has 0 unspecified atom stereocenters. The third-order valence-electron chi connectivity index (χ3n) is 2.19. The van der Waals surface area contributed by atoms with E-state index in [9.17, 15) is 0 Å². The third kappa shape index (κ3) is 1.68. The van der Waals surface area contributed by atoms with Crippen molar-refractivity contribution in [2.24, 2.45) is 0 Å². The SMILES string of the molecule is Cc1cc([C@@H]2CNCCN2)cs1. The van der Waals surface area contributed by atoms with Crippen LogP contribution in [-0.2, 0) is 0 Å². The first kappa shape index (κ1) is 8.23. The zero-order valence-corrected chi connectivity index (χ0v) is 8.08. The Balaban J connectivity index is 2.08. The summed E-state index contributed by atoms with van der Waals surface area (Å²) < 4.78 is 0. The van der Waals surface area contributed by atoms with Gasteiger partial charge in [-0.2, -0.15) is 0 Å². The Morgan fingerprint density at radius 1 is 1.50 bits per heavy atom. The Morgan fingerprint density at radius 3 is 3.00 bits per heavy atom. The molecular weight excluding hydrogens is 168 g/mol. The van der Waals surface area contributed by atoms with E-state index in [-0.39, 0.29) is 0 Å². The van der Waals surface area contributed by atoms with Crippen molar-refractivity contribution >= 4 is 11.3 Å². The van der Waals surface area contributed by atoms with Gasteiger partial charge in [0, 0.05) is 30.6 Å². The molecule has 12 heavy (non-hydrogen) atoms. The fourth-order valence-corrected chi connectivity index (χ4v) is 2.29. The molecule has 0 spiro atoms. The Labute approximate surface area is 77.0 Å². The molecule has 1 aliphatic rings. The summed E-state index contributed by atoms with van der Waals surface area (Å²) in [7, 11) is 0. The van der Waals surface area contributed by atoms with Crippen molar-refractivity contribution in [2.45, 2.75) is 13.0 Å². The molecular formula is C9H14N2S. The first-order valence-electron chi connectivity index (χ1n) is 4.35. The summed E-state index contributed by atoms with van der Waals surface area (Å²) in [5, 5.41) is 9.13. The van der Waals surface area contributed by atoms with E-state index in [2.05, 4.69) is 29.0 Å². The zero-order chi connectivity index (χ0) is 8.39. The average Bonchev–Trinajstić information content (AvgIpc) is 2.54. The standard InChI is InChI=1S/C9H14N2S/c1-7-4-8(6-12-7)9-5-10-2-3-11-9/h4,6,9-11H,2-3,5H2,1H3/t9-/m0/s1. The number of aryl methyl sites for hydroxylation is 1. The molecule has 0 saturated carbocycles. The van der Waals surface area contributed by atoms with Crippen molar-refractivity contribution in [3.05, 3.63) is 21.9 Å². The number of nitrogens with one attached hydrogen (secondary N) is 2. The van der Waals surface area contributed by atoms with E-state index in [1.807, 2.05) is 11.3 Å². The molecule has 0 amide bonds. The molecule has 0 bridgehead atoms. The Bertz CT molecular complexity index is 251. The maximum atomic E-state index is 3.49. The van der Waals surface area contributed by atoms with Crippen LogP contribution in [0.4, 0.5) is 0 Å².